The predicted molar refractivity (Wildman–Crippen MR) is 91.4 cm³/mol. The lowest BCUT2D eigenvalue weighted by molar-refractivity contribution is -0.122. The molecule has 4 nitrogen and oxygen atoms in total. The SMILES string of the molecule is Cl.O=C(NCCCN1CCNCC1)C1CC1c1ccc(F)c(F)c1. The van der Waals surface area contributed by atoms with Gasteiger partial charge in [0.2, 0.25) is 5.91 Å². The van der Waals surface area contributed by atoms with Crippen molar-refractivity contribution in [2.24, 2.45) is 5.92 Å². The molecule has 7 heteroatoms. The van der Waals surface area contributed by atoms with E-state index < -0.39 is 11.6 Å². The second-order valence-corrected chi connectivity index (χ2v) is 6.36. The van der Waals surface area contributed by atoms with Crippen molar-refractivity contribution >= 4 is 18.3 Å². The molecule has 2 unspecified atom stereocenters. The van der Waals surface area contributed by atoms with Gasteiger partial charge in [0, 0.05) is 38.6 Å². The first-order chi connectivity index (χ1) is 11.1. The standard InChI is InChI=1S/C17H23F2N3O.ClH/c18-15-3-2-12(10-16(15)19)13-11-14(13)17(23)21-4-1-7-22-8-5-20-6-9-22;/h2-3,10,13-14,20H,1,4-9,11H2,(H,21,23);1H. The molecular weight excluding hydrogens is 336 g/mol. The van der Waals surface area contributed by atoms with E-state index in [-0.39, 0.29) is 30.2 Å². The van der Waals surface area contributed by atoms with Crippen LogP contribution in [0.2, 0.25) is 0 Å². The number of hydrogen-bond acceptors (Lipinski definition) is 3. The molecule has 0 bridgehead atoms. The Morgan fingerprint density at radius 2 is 2.00 bits per heavy atom. The summed E-state index contributed by atoms with van der Waals surface area (Å²) >= 11 is 0. The van der Waals surface area contributed by atoms with E-state index in [1.165, 1.54) is 6.07 Å². The fraction of sp³-hybridized carbons (Fsp3) is 0.588. The summed E-state index contributed by atoms with van der Waals surface area (Å²) in [7, 11) is 0. The third-order valence-corrected chi connectivity index (χ3v) is 4.66. The Kier molecular flexibility index (Phi) is 6.95. The highest BCUT2D eigenvalue weighted by molar-refractivity contribution is 5.85. The van der Waals surface area contributed by atoms with Gasteiger partial charge in [-0.25, -0.2) is 8.78 Å². The van der Waals surface area contributed by atoms with Gasteiger partial charge in [0.05, 0.1) is 0 Å². The lowest BCUT2D eigenvalue weighted by atomic mass is 10.1. The van der Waals surface area contributed by atoms with Gasteiger partial charge in [0.25, 0.3) is 0 Å². The van der Waals surface area contributed by atoms with Gasteiger partial charge in [-0.3, -0.25) is 4.79 Å². The molecule has 2 atom stereocenters. The normalized spacial score (nSPS) is 23.4. The lowest BCUT2D eigenvalue weighted by Crippen LogP contribution is -2.44. The van der Waals surface area contributed by atoms with E-state index in [0.29, 0.717) is 18.5 Å². The molecule has 1 saturated carbocycles. The molecule has 24 heavy (non-hydrogen) atoms. The van der Waals surface area contributed by atoms with Crippen LogP contribution in [0, 0.1) is 17.6 Å². The Morgan fingerprint density at radius 3 is 2.71 bits per heavy atom. The van der Waals surface area contributed by atoms with Gasteiger partial charge in [-0.05, 0) is 43.0 Å². The minimum atomic E-state index is -0.844. The van der Waals surface area contributed by atoms with Gasteiger partial charge in [-0.15, -0.1) is 12.4 Å². The highest BCUT2D eigenvalue weighted by Crippen LogP contribution is 2.47. The second-order valence-electron chi connectivity index (χ2n) is 6.36. The first-order valence-electron chi connectivity index (χ1n) is 8.31. The molecule has 1 aromatic rings. The predicted octanol–water partition coefficient (Wildman–Crippen LogP) is 1.90. The molecule has 1 aliphatic heterocycles. The molecule has 0 spiro atoms. The summed E-state index contributed by atoms with van der Waals surface area (Å²) in [5.74, 6) is -1.73. The summed E-state index contributed by atoms with van der Waals surface area (Å²) in [6.07, 6.45) is 1.66. The van der Waals surface area contributed by atoms with Crippen LogP contribution in [0.5, 0.6) is 0 Å². The van der Waals surface area contributed by atoms with Gasteiger partial charge >= 0.3 is 0 Å². The Bertz CT molecular complexity index is 567. The molecule has 1 saturated heterocycles. The van der Waals surface area contributed by atoms with E-state index in [0.717, 1.165) is 45.2 Å². The van der Waals surface area contributed by atoms with Crippen LogP contribution in [0.3, 0.4) is 0 Å². The number of rotatable bonds is 6. The van der Waals surface area contributed by atoms with Crippen molar-refractivity contribution in [3.63, 3.8) is 0 Å². The Hall–Kier alpha value is -1.24. The molecule has 1 aromatic carbocycles. The fourth-order valence-corrected chi connectivity index (χ4v) is 3.18. The molecule has 0 radical (unpaired) electrons. The average Bonchev–Trinajstić information content (AvgIpc) is 3.36. The largest absolute Gasteiger partial charge is 0.356 e. The quantitative estimate of drug-likeness (QED) is 0.762. The second kappa shape index (κ2) is 8.74. The summed E-state index contributed by atoms with van der Waals surface area (Å²) < 4.78 is 26.2. The number of carbonyl (C=O) groups excluding carboxylic acids is 1. The third-order valence-electron chi connectivity index (χ3n) is 4.66. The maximum absolute atomic E-state index is 13.2. The first-order valence-corrected chi connectivity index (χ1v) is 8.31. The molecule has 2 fully saturated rings. The summed E-state index contributed by atoms with van der Waals surface area (Å²) in [6, 6.07) is 3.91. The summed E-state index contributed by atoms with van der Waals surface area (Å²) in [5.41, 5.74) is 0.713. The molecule has 1 amide bonds. The zero-order chi connectivity index (χ0) is 16.2. The van der Waals surface area contributed by atoms with Gasteiger partial charge in [0.1, 0.15) is 0 Å². The summed E-state index contributed by atoms with van der Waals surface area (Å²) in [6.45, 7) is 5.86. The van der Waals surface area contributed by atoms with Crippen LogP contribution in [0.4, 0.5) is 8.78 Å². The van der Waals surface area contributed by atoms with Crippen LogP contribution in [0.15, 0.2) is 18.2 Å². The number of nitrogens with zero attached hydrogens (tertiary/aromatic N) is 1. The van der Waals surface area contributed by atoms with E-state index in [1.54, 1.807) is 6.07 Å². The van der Waals surface area contributed by atoms with Gasteiger partial charge in [0.15, 0.2) is 11.6 Å². The minimum Gasteiger partial charge on any atom is -0.356 e. The summed E-state index contributed by atoms with van der Waals surface area (Å²) in [5, 5.41) is 6.27. The monoisotopic (exact) mass is 359 g/mol. The molecule has 2 N–H and O–H groups in total. The van der Waals surface area contributed by atoms with Gasteiger partial charge < -0.3 is 15.5 Å². The molecule has 1 aliphatic carbocycles. The molecule has 134 valence electrons. The van der Waals surface area contributed by atoms with Crippen LogP contribution in [0.25, 0.3) is 0 Å². The highest BCUT2D eigenvalue weighted by atomic mass is 35.5. The number of amides is 1. The number of halogens is 3. The minimum absolute atomic E-state index is 0. The number of benzene rings is 1. The Morgan fingerprint density at radius 1 is 1.25 bits per heavy atom. The number of piperazine rings is 1. The number of nitrogens with one attached hydrogen (secondary N) is 2. The Labute approximate surface area is 147 Å². The van der Waals surface area contributed by atoms with Crippen molar-refractivity contribution in [1.82, 2.24) is 15.5 Å². The molecule has 0 aromatic heterocycles. The third kappa shape index (κ3) is 4.88. The van der Waals surface area contributed by atoms with Crippen LogP contribution in [-0.4, -0.2) is 50.1 Å². The summed E-state index contributed by atoms with van der Waals surface area (Å²) in [4.78, 5) is 14.5. The maximum atomic E-state index is 13.2. The van der Waals surface area contributed by atoms with Crippen molar-refractivity contribution < 1.29 is 13.6 Å². The molecule has 1 heterocycles. The van der Waals surface area contributed by atoms with E-state index in [9.17, 15) is 13.6 Å². The van der Waals surface area contributed by atoms with Crippen LogP contribution >= 0.6 is 12.4 Å². The molecular formula is C17H24ClF2N3O. The maximum Gasteiger partial charge on any atom is 0.223 e. The van der Waals surface area contributed by atoms with E-state index in [4.69, 9.17) is 0 Å². The molecule has 3 rings (SSSR count). The van der Waals surface area contributed by atoms with Crippen molar-refractivity contribution in [1.29, 1.82) is 0 Å². The lowest BCUT2D eigenvalue weighted by Gasteiger charge is -2.27. The van der Waals surface area contributed by atoms with Crippen molar-refractivity contribution in [3.05, 3.63) is 35.4 Å². The average molecular weight is 360 g/mol. The van der Waals surface area contributed by atoms with E-state index >= 15 is 0 Å². The van der Waals surface area contributed by atoms with Crippen LogP contribution < -0.4 is 10.6 Å². The van der Waals surface area contributed by atoms with Gasteiger partial charge in [-0.1, -0.05) is 6.07 Å². The Balaban J connectivity index is 0.00000208. The van der Waals surface area contributed by atoms with E-state index in [2.05, 4.69) is 15.5 Å². The smallest absolute Gasteiger partial charge is 0.223 e. The van der Waals surface area contributed by atoms with Gasteiger partial charge in [-0.2, -0.15) is 0 Å². The zero-order valence-corrected chi connectivity index (χ0v) is 14.4. The topological polar surface area (TPSA) is 44.4 Å². The number of carbonyl (C=O) groups is 1. The number of hydrogen-bond donors (Lipinski definition) is 2. The van der Waals surface area contributed by atoms with Crippen LogP contribution in [0.1, 0.15) is 24.3 Å². The van der Waals surface area contributed by atoms with Crippen LogP contribution in [-0.2, 0) is 4.79 Å². The zero-order valence-electron chi connectivity index (χ0n) is 13.6. The van der Waals surface area contributed by atoms with E-state index in [1.807, 2.05) is 0 Å². The van der Waals surface area contributed by atoms with Crippen molar-refractivity contribution in [3.8, 4) is 0 Å². The molecule has 2 aliphatic rings. The highest BCUT2D eigenvalue weighted by Gasteiger charge is 2.43. The fourth-order valence-electron chi connectivity index (χ4n) is 3.18. The van der Waals surface area contributed by atoms with Crippen molar-refractivity contribution in [2.45, 2.75) is 18.8 Å². The first kappa shape index (κ1) is 19.1. The van der Waals surface area contributed by atoms with Crippen molar-refractivity contribution in [2.75, 3.05) is 39.3 Å².